The molecule has 3 N–H and O–H groups in total. The van der Waals surface area contributed by atoms with Gasteiger partial charge in [0.25, 0.3) is 5.91 Å². The molecule has 0 aromatic carbocycles. The number of nitrogens with zero attached hydrogens (tertiary/aromatic N) is 3. The van der Waals surface area contributed by atoms with Gasteiger partial charge in [0.05, 0.1) is 5.56 Å². The van der Waals surface area contributed by atoms with Crippen LogP contribution in [0.4, 0.5) is 13.2 Å². The fraction of sp³-hybridized carbons (Fsp3) is 0.429. The number of pyridine rings is 1. The fourth-order valence-corrected chi connectivity index (χ4v) is 5.85. The van der Waals surface area contributed by atoms with Crippen LogP contribution in [0.1, 0.15) is 51.8 Å². The topological polar surface area (TPSA) is 93.8 Å². The molecule has 2 aliphatic carbocycles. The molecule has 1 amide bonds. The number of carbonyl (C=O) groups is 1. The minimum Gasteiger partial charge on any atom is -0.351 e. The molecule has 0 saturated heterocycles. The Balaban J connectivity index is 0.000000207. The van der Waals surface area contributed by atoms with Crippen LogP contribution >= 0.6 is 45.9 Å². The van der Waals surface area contributed by atoms with Gasteiger partial charge in [-0.1, -0.05) is 23.2 Å². The Hall–Kier alpha value is -1.79. The molecule has 0 radical (unpaired) electrons. The van der Waals surface area contributed by atoms with Gasteiger partial charge in [0.1, 0.15) is 20.3 Å². The van der Waals surface area contributed by atoms with E-state index in [1.807, 2.05) is 5.38 Å². The van der Waals surface area contributed by atoms with Gasteiger partial charge in [0, 0.05) is 40.9 Å². The molecule has 0 aliphatic heterocycles. The maximum absolute atomic E-state index is 12.9. The molecular weight excluding hydrogens is 530 g/mol. The van der Waals surface area contributed by atoms with E-state index in [0.29, 0.717) is 16.9 Å². The summed E-state index contributed by atoms with van der Waals surface area (Å²) in [5.41, 5.74) is 3.87. The van der Waals surface area contributed by atoms with Crippen LogP contribution in [0.25, 0.3) is 0 Å². The van der Waals surface area contributed by atoms with Gasteiger partial charge in [-0.2, -0.15) is 13.2 Å². The number of rotatable bonds is 6. The van der Waals surface area contributed by atoms with Crippen molar-refractivity contribution < 1.29 is 18.0 Å². The summed E-state index contributed by atoms with van der Waals surface area (Å²) in [6.07, 6.45) is 0.320. The molecule has 3 aromatic rings. The molecule has 0 unspecified atom stereocenters. The highest BCUT2D eigenvalue weighted by Gasteiger charge is 2.47. The molecule has 6 nitrogen and oxygen atoms in total. The van der Waals surface area contributed by atoms with E-state index in [2.05, 4.69) is 20.3 Å². The van der Waals surface area contributed by atoms with Gasteiger partial charge < -0.3 is 11.1 Å². The van der Waals surface area contributed by atoms with Crippen molar-refractivity contribution in [2.24, 2.45) is 5.73 Å². The molecule has 0 spiro atoms. The molecule has 2 saturated carbocycles. The van der Waals surface area contributed by atoms with E-state index < -0.39 is 23.3 Å². The minimum atomic E-state index is -4.67. The van der Waals surface area contributed by atoms with Crippen molar-refractivity contribution in [3.63, 3.8) is 0 Å². The molecule has 3 heterocycles. The van der Waals surface area contributed by atoms with Gasteiger partial charge in [-0.05, 0) is 37.8 Å². The predicted molar refractivity (Wildman–Crippen MR) is 127 cm³/mol. The van der Waals surface area contributed by atoms with Crippen molar-refractivity contribution >= 4 is 51.8 Å². The van der Waals surface area contributed by atoms with Crippen LogP contribution in [-0.4, -0.2) is 33.9 Å². The van der Waals surface area contributed by atoms with Gasteiger partial charge in [-0.3, -0.25) is 9.78 Å². The molecule has 0 atom stereocenters. The number of nitrogens with one attached hydrogen (secondary N) is 1. The summed E-state index contributed by atoms with van der Waals surface area (Å²) in [7, 11) is 0. The smallest absolute Gasteiger partial charge is 0.351 e. The fourth-order valence-electron chi connectivity index (χ4n) is 3.43. The average molecular weight is 550 g/mol. The maximum atomic E-state index is 12.9. The van der Waals surface area contributed by atoms with Gasteiger partial charge in [-0.15, -0.1) is 22.7 Å². The first-order valence-electron chi connectivity index (χ1n) is 10.3. The number of nitrogens with two attached hydrogens (primary N) is 1. The quantitative estimate of drug-likeness (QED) is 0.425. The highest BCUT2D eigenvalue weighted by molar-refractivity contribution is 7.10. The van der Waals surface area contributed by atoms with Crippen LogP contribution in [-0.2, 0) is 17.0 Å². The summed E-state index contributed by atoms with van der Waals surface area (Å²) in [6.45, 7) is 0.929. The Kier molecular flexibility index (Phi) is 7.21. The number of thiazole rings is 2. The van der Waals surface area contributed by atoms with Crippen LogP contribution in [0.15, 0.2) is 29.1 Å². The van der Waals surface area contributed by atoms with E-state index in [0.717, 1.165) is 35.1 Å². The predicted octanol–water partition coefficient (Wildman–Crippen LogP) is 5.46. The third-order valence-corrected chi connectivity index (χ3v) is 8.69. The van der Waals surface area contributed by atoms with Crippen molar-refractivity contribution in [1.82, 2.24) is 20.3 Å². The Morgan fingerprint density at radius 3 is 2.06 bits per heavy atom. The zero-order valence-electron chi connectivity index (χ0n) is 17.7. The van der Waals surface area contributed by atoms with E-state index in [-0.39, 0.29) is 17.4 Å². The van der Waals surface area contributed by atoms with E-state index in [9.17, 15) is 18.0 Å². The second-order valence-electron chi connectivity index (χ2n) is 8.30. The molecule has 3 aromatic heterocycles. The lowest BCUT2D eigenvalue weighted by molar-refractivity contribution is -0.141. The number of hydrogen-bond acceptors (Lipinski definition) is 7. The van der Waals surface area contributed by atoms with Crippen molar-refractivity contribution in [2.75, 3.05) is 13.1 Å². The second kappa shape index (κ2) is 9.69. The lowest BCUT2D eigenvalue weighted by Gasteiger charge is -2.15. The third kappa shape index (κ3) is 5.54. The molecule has 2 fully saturated rings. The van der Waals surface area contributed by atoms with Crippen molar-refractivity contribution in [1.29, 1.82) is 0 Å². The van der Waals surface area contributed by atoms with Gasteiger partial charge in [0.15, 0.2) is 5.69 Å². The summed E-state index contributed by atoms with van der Waals surface area (Å²) < 4.78 is 38.7. The Morgan fingerprint density at radius 1 is 1.06 bits per heavy atom. The molecule has 2 aliphatic rings. The van der Waals surface area contributed by atoms with Crippen molar-refractivity contribution in [3.8, 4) is 0 Å². The Morgan fingerprint density at radius 2 is 1.62 bits per heavy atom. The highest BCUT2D eigenvalue weighted by Crippen LogP contribution is 2.49. The zero-order chi connectivity index (χ0) is 24.6. The normalized spacial score (nSPS) is 17.5. The summed E-state index contributed by atoms with van der Waals surface area (Å²) in [6, 6.07) is 2.42. The van der Waals surface area contributed by atoms with Crippen LogP contribution < -0.4 is 11.1 Å². The summed E-state index contributed by atoms with van der Waals surface area (Å²) in [5.74, 6) is -0.792. The first-order chi connectivity index (χ1) is 16.1. The van der Waals surface area contributed by atoms with Crippen LogP contribution in [0.3, 0.4) is 0 Å². The standard InChI is InChI=1S/C14H11ClF3N3OS.C7H9ClN2S/c15-9-6-23-12(21-9)13(3-4-13)7-20-11(22)8-2-1-5-19-10(8)14(16,17)18;8-5-3-11-6(10-5)7(4-9)1-2-7/h1-2,5-6H,3-4,7H2,(H,20,22);3H,1-2,4,9H2. The second-order valence-corrected chi connectivity index (χ2v) is 10.8. The Labute approximate surface area is 211 Å². The summed E-state index contributed by atoms with van der Waals surface area (Å²) in [5, 5.41) is 9.03. The van der Waals surface area contributed by atoms with E-state index in [1.54, 1.807) is 16.7 Å². The minimum absolute atomic E-state index is 0.206. The van der Waals surface area contributed by atoms with E-state index >= 15 is 0 Å². The largest absolute Gasteiger partial charge is 0.434 e. The van der Waals surface area contributed by atoms with Crippen molar-refractivity contribution in [3.05, 3.63) is 60.7 Å². The highest BCUT2D eigenvalue weighted by atomic mass is 35.5. The molecule has 13 heteroatoms. The monoisotopic (exact) mass is 549 g/mol. The van der Waals surface area contributed by atoms with Crippen LogP contribution in [0, 0.1) is 0 Å². The molecule has 0 bridgehead atoms. The average Bonchev–Trinajstić information content (AvgIpc) is 3.70. The molecular formula is C21H20Cl2F3N5OS2. The maximum Gasteiger partial charge on any atom is 0.434 e. The lowest BCUT2D eigenvalue weighted by atomic mass is 10.1. The van der Waals surface area contributed by atoms with Gasteiger partial charge >= 0.3 is 6.18 Å². The van der Waals surface area contributed by atoms with Crippen molar-refractivity contribution in [2.45, 2.75) is 42.7 Å². The van der Waals surface area contributed by atoms with E-state index in [1.165, 1.54) is 30.2 Å². The SMILES string of the molecule is NCC1(c2nc(Cl)cs2)CC1.O=C(NCC1(c2nc(Cl)cs2)CC1)c1cccnc1C(F)(F)F. The number of hydrogen-bond donors (Lipinski definition) is 2. The summed E-state index contributed by atoms with van der Waals surface area (Å²) in [4.78, 5) is 23.8. The number of amides is 1. The molecule has 182 valence electrons. The van der Waals surface area contributed by atoms with Gasteiger partial charge in [0.2, 0.25) is 0 Å². The Bertz CT molecular complexity index is 1180. The van der Waals surface area contributed by atoms with Crippen LogP contribution in [0.5, 0.6) is 0 Å². The number of carbonyl (C=O) groups excluding carboxylic acids is 1. The molecule has 34 heavy (non-hydrogen) atoms. The van der Waals surface area contributed by atoms with Crippen LogP contribution in [0.2, 0.25) is 10.3 Å². The lowest BCUT2D eigenvalue weighted by Crippen LogP contribution is -2.33. The first kappa shape index (κ1) is 25.3. The molecule has 5 rings (SSSR count). The van der Waals surface area contributed by atoms with E-state index in [4.69, 9.17) is 28.9 Å². The van der Waals surface area contributed by atoms with Gasteiger partial charge in [-0.25, -0.2) is 9.97 Å². The zero-order valence-corrected chi connectivity index (χ0v) is 20.8. The summed E-state index contributed by atoms with van der Waals surface area (Å²) >= 11 is 14.5. The third-order valence-electron chi connectivity index (χ3n) is 5.87. The number of alkyl halides is 3. The first-order valence-corrected chi connectivity index (χ1v) is 12.8. The number of halogens is 5. The number of aromatic nitrogens is 3.